The fourth-order valence-corrected chi connectivity index (χ4v) is 2.37. The molecule has 0 radical (unpaired) electrons. The van der Waals surface area contributed by atoms with Gasteiger partial charge in [0.1, 0.15) is 0 Å². The Labute approximate surface area is 133 Å². The van der Waals surface area contributed by atoms with Gasteiger partial charge in [0.25, 0.3) is 0 Å². The summed E-state index contributed by atoms with van der Waals surface area (Å²) in [6, 6.07) is 4.02. The van der Waals surface area contributed by atoms with Gasteiger partial charge in [-0.2, -0.15) is 0 Å². The normalized spacial score (nSPS) is 20.3. The first-order valence-corrected chi connectivity index (χ1v) is 7.07. The molecule has 1 aromatic carbocycles. The summed E-state index contributed by atoms with van der Waals surface area (Å²) in [7, 11) is 3.02. The molecule has 23 heavy (non-hydrogen) atoms. The Kier molecular flexibility index (Phi) is 5.05. The van der Waals surface area contributed by atoms with Gasteiger partial charge in [-0.3, -0.25) is 14.9 Å². The molecule has 1 aliphatic heterocycles. The second-order valence-electron chi connectivity index (χ2n) is 5.18. The number of amides is 4. The van der Waals surface area contributed by atoms with E-state index in [9.17, 15) is 14.4 Å². The van der Waals surface area contributed by atoms with Gasteiger partial charge in [0.05, 0.1) is 20.1 Å². The van der Waals surface area contributed by atoms with Crippen LogP contribution in [0.1, 0.15) is 13.3 Å². The number of hydrogen-bond acceptors (Lipinski definition) is 5. The SMILES string of the molecule is COc1ccc(NC(=O)CC2C(=O)NC(=O)NC2C)cc1OC. The van der Waals surface area contributed by atoms with Gasteiger partial charge in [-0.1, -0.05) is 0 Å². The fourth-order valence-electron chi connectivity index (χ4n) is 2.37. The highest BCUT2D eigenvalue weighted by atomic mass is 16.5. The Morgan fingerprint density at radius 3 is 2.52 bits per heavy atom. The zero-order valence-corrected chi connectivity index (χ0v) is 13.1. The van der Waals surface area contributed by atoms with Crippen LogP contribution in [0.5, 0.6) is 11.5 Å². The molecule has 4 amide bonds. The largest absolute Gasteiger partial charge is 0.493 e. The van der Waals surface area contributed by atoms with E-state index in [2.05, 4.69) is 16.0 Å². The highest BCUT2D eigenvalue weighted by molar-refractivity contribution is 6.01. The van der Waals surface area contributed by atoms with E-state index in [-0.39, 0.29) is 12.3 Å². The monoisotopic (exact) mass is 321 g/mol. The molecule has 2 unspecified atom stereocenters. The number of carbonyl (C=O) groups is 3. The number of anilines is 1. The summed E-state index contributed by atoms with van der Waals surface area (Å²) in [6.07, 6.45) is -0.0401. The van der Waals surface area contributed by atoms with Crippen molar-refractivity contribution in [1.82, 2.24) is 10.6 Å². The third-order valence-electron chi connectivity index (χ3n) is 3.61. The van der Waals surface area contributed by atoms with Crippen molar-refractivity contribution in [2.75, 3.05) is 19.5 Å². The zero-order valence-electron chi connectivity index (χ0n) is 13.1. The minimum Gasteiger partial charge on any atom is -0.493 e. The molecule has 0 saturated carbocycles. The van der Waals surface area contributed by atoms with Gasteiger partial charge in [-0.05, 0) is 19.1 Å². The van der Waals surface area contributed by atoms with Crippen LogP contribution in [0, 0.1) is 5.92 Å². The van der Waals surface area contributed by atoms with Crippen LogP contribution in [-0.2, 0) is 9.59 Å². The molecule has 124 valence electrons. The van der Waals surface area contributed by atoms with Crippen LogP contribution in [0.2, 0.25) is 0 Å². The molecule has 1 saturated heterocycles. The maximum Gasteiger partial charge on any atom is 0.321 e. The van der Waals surface area contributed by atoms with E-state index in [1.165, 1.54) is 14.2 Å². The van der Waals surface area contributed by atoms with Gasteiger partial charge in [0.2, 0.25) is 11.8 Å². The van der Waals surface area contributed by atoms with Crippen LogP contribution in [-0.4, -0.2) is 38.1 Å². The molecule has 1 heterocycles. The predicted molar refractivity (Wildman–Crippen MR) is 82.4 cm³/mol. The van der Waals surface area contributed by atoms with Gasteiger partial charge >= 0.3 is 6.03 Å². The van der Waals surface area contributed by atoms with Gasteiger partial charge < -0.3 is 20.1 Å². The quantitative estimate of drug-likeness (QED) is 0.746. The molecule has 1 fully saturated rings. The lowest BCUT2D eigenvalue weighted by Gasteiger charge is -2.28. The van der Waals surface area contributed by atoms with Crippen molar-refractivity contribution in [1.29, 1.82) is 0 Å². The molecule has 0 bridgehead atoms. The lowest BCUT2D eigenvalue weighted by Crippen LogP contribution is -2.57. The molecule has 1 aliphatic rings. The first-order chi connectivity index (χ1) is 10.9. The average Bonchev–Trinajstić information content (AvgIpc) is 2.50. The molecular weight excluding hydrogens is 302 g/mol. The number of ether oxygens (including phenoxy) is 2. The van der Waals surface area contributed by atoms with E-state index in [0.717, 1.165) is 0 Å². The number of imide groups is 1. The molecular formula is C15H19N3O5. The van der Waals surface area contributed by atoms with Crippen LogP contribution in [0.15, 0.2) is 18.2 Å². The molecule has 0 aromatic heterocycles. The summed E-state index contributed by atoms with van der Waals surface area (Å²) in [4.78, 5) is 35.1. The first kappa shape index (κ1) is 16.6. The van der Waals surface area contributed by atoms with E-state index < -0.39 is 23.9 Å². The topological polar surface area (TPSA) is 106 Å². The van der Waals surface area contributed by atoms with Crippen LogP contribution < -0.4 is 25.4 Å². The summed E-state index contributed by atoms with van der Waals surface area (Å²) in [6.45, 7) is 1.69. The summed E-state index contributed by atoms with van der Waals surface area (Å²) in [5.74, 6) is -0.369. The van der Waals surface area contributed by atoms with E-state index in [1.807, 2.05) is 0 Å². The molecule has 3 N–H and O–H groups in total. The Balaban J connectivity index is 2.02. The minimum absolute atomic E-state index is 0.0401. The van der Waals surface area contributed by atoms with Crippen molar-refractivity contribution in [3.8, 4) is 11.5 Å². The second kappa shape index (κ2) is 6.99. The number of nitrogens with one attached hydrogen (secondary N) is 3. The molecule has 2 atom stereocenters. The predicted octanol–water partition coefficient (Wildman–Crippen LogP) is 0.876. The minimum atomic E-state index is -0.618. The molecule has 8 heteroatoms. The number of methoxy groups -OCH3 is 2. The molecule has 2 rings (SSSR count). The Morgan fingerprint density at radius 1 is 1.22 bits per heavy atom. The standard InChI is InChI=1S/C15H19N3O5/c1-8-10(14(20)18-15(21)16-8)7-13(19)17-9-4-5-11(22-2)12(6-9)23-3/h4-6,8,10H,7H2,1-3H3,(H,17,19)(H2,16,18,20,21). The van der Waals surface area contributed by atoms with Gasteiger partial charge in [-0.15, -0.1) is 0 Å². The summed E-state index contributed by atoms with van der Waals surface area (Å²) < 4.78 is 10.3. The Bertz CT molecular complexity index is 632. The second-order valence-corrected chi connectivity index (χ2v) is 5.18. The van der Waals surface area contributed by atoms with Crippen molar-refractivity contribution in [2.45, 2.75) is 19.4 Å². The third-order valence-corrected chi connectivity index (χ3v) is 3.61. The van der Waals surface area contributed by atoms with E-state index in [0.29, 0.717) is 17.2 Å². The summed E-state index contributed by atoms with van der Waals surface area (Å²) in [5.41, 5.74) is 0.528. The van der Waals surface area contributed by atoms with Crippen molar-refractivity contribution in [2.24, 2.45) is 5.92 Å². The molecule has 1 aromatic rings. The maximum absolute atomic E-state index is 12.1. The molecule has 0 aliphatic carbocycles. The highest BCUT2D eigenvalue weighted by Gasteiger charge is 2.34. The smallest absolute Gasteiger partial charge is 0.321 e. The number of benzene rings is 1. The number of carbonyl (C=O) groups excluding carboxylic acids is 3. The summed E-state index contributed by atoms with van der Waals surface area (Å²) in [5, 5.41) is 7.43. The summed E-state index contributed by atoms with van der Waals surface area (Å²) >= 11 is 0. The van der Waals surface area contributed by atoms with Crippen LogP contribution >= 0.6 is 0 Å². The van der Waals surface area contributed by atoms with Crippen LogP contribution in [0.25, 0.3) is 0 Å². The van der Waals surface area contributed by atoms with E-state index in [4.69, 9.17) is 9.47 Å². The van der Waals surface area contributed by atoms with Gasteiger partial charge in [0.15, 0.2) is 11.5 Å². The number of rotatable bonds is 5. The van der Waals surface area contributed by atoms with Crippen molar-refractivity contribution < 1.29 is 23.9 Å². The Morgan fingerprint density at radius 2 is 1.91 bits per heavy atom. The average molecular weight is 321 g/mol. The molecule has 8 nitrogen and oxygen atoms in total. The van der Waals surface area contributed by atoms with Crippen molar-refractivity contribution in [3.05, 3.63) is 18.2 Å². The first-order valence-electron chi connectivity index (χ1n) is 7.07. The Hall–Kier alpha value is -2.77. The maximum atomic E-state index is 12.1. The van der Waals surface area contributed by atoms with Crippen molar-refractivity contribution >= 4 is 23.5 Å². The highest BCUT2D eigenvalue weighted by Crippen LogP contribution is 2.29. The molecule has 0 spiro atoms. The zero-order chi connectivity index (χ0) is 17.0. The third kappa shape index (κ3) is 3.91. The lowest BCUT2D eigenvalue weighted by atomic mass is 9.94. The van der Waals surface area contributed by atoms with Crippen LogP contribution in [0.3, 0.4) is 0 Å². The van der Waals surface area contributed by atoms with E-state index in [1.54, 1.807) is 25.1 Å². The van der Waals surface area contributed by atoms with E-state index >= 15 is 0 Å². The van der Waals surface area contributed by atoms with Gasteiger partial charge in [-0.25, -0.2) is 4.79 Å². The van der Waals surface area contributed by atoms with Gasteiger partial charge in [0, 0.05) is 24.2 Å². The number of hydrogen-bond donors (Lipinski definition) is 3. The number of urea groups is 1. The van der Waals surface area contributed by atoms with Crippen molar-refractivity contribution in [3.63, 3.8) is 0 Å². The fraction of sp³-hybridized carbons (Fsp3) is 0.400. The van der Waals surface area contributed by atoms with Crippen LogP contribution in [0.4, 0.5) is 10.5 Å². The lowest BCUT2D eigenvalue weighted by molar-refractivity contribution is -0.129.